The van der Waals surface area contributed by atoms with Gasteiger partial charge in [0, 0.05) is 50.3 Å². The van der Waals surface area contributed by atoms with Crippen LogP contribution in [0.3, 0.4) is 0 Å². The van der Waals surface area contributed by atoms with Crippen molar-refractivity contribution in [3.63, 3.8) is 0 Å². The fraction of sp³-hybridized carbons (Fsp3) is 0.526. The Labute approximate surface area is 142 Å². The minimum atomic E-state index is -0.127. The molecule has 0 saturated heterocycles. The quantitative estimate of drug-likeness (QED) is 0.815. The summed E-state index contributed by atoms with van der Waals surface area (Å²) in [6.45, 7) is 4.03. The molecule has 1 fully saturated rings. The first-order chi connectivity index (χ1) is 11.7. The summed E-state index contributed by atoms with van der Waals surface area (Å²) >= 11 is 0. The molecular formula is C19H24FN3O. The number of nitrogens with zero attached hydrogens (tertiary/aromatic N) is 3. The number of fused-ring (bicyclic) bond motifs is 1. The van der Waals surface area contributed by atoms with E-state index in [0.717, 1.165) is 31.1 Å². The number of benzene rings is 1. The summed E-state index contributed by atoms with van der Waals surface area (Å²) in [5, 5.41) is 4.63. The summed E-state index contributed by atoms with van der Waals surface area (Å²) in [4.78, 5) is 2.31. The van der Waals surface area contributed by atoms with Gasteiger partial charge in [-0.3, -0.25) is 9.58 Å². The molecule has 1 atom stereocenters. The maximum atomic E-state index is 14.0. The Morgan fingerprint density at radius 3 is 2.88 bits per heavy atom. The summed E-state index contributed by atoms with van der Waals surface area (Å²) in [6, 6.07) is 7.05. The standard InChI is InChI=1S/C19H24FN3O/c1-24-13-16-11-22(10-15-4-2-3-5-18(15)20)12-19-17(16)8-21-23(19)9-14-6-7-14/h2-5,8,14,16H,6-7,9-13H2,1H3. The average molecular weight is 329 g/mol. The van der Waals surface area contributed by atoms with Gasteiger partial charge in [-0.25, -0.2) is 4.39 Å². The molecule has 0 radical (unpaired) electrons. The van der Waals surface area contributed by atoms with Gasteiger partial charge in [0.1, 0.15) is 5.82 Å². The SMILES string of the molecule is COCC1CN(Cc2ccccc2F)Cc2c1cnn2CC1CC1. The molecule has 1 aromatic carbocycles. The molecule has 0 amide bonds. The molecule has 128 valence electrons. The Balaban J connectivity index is 1.57. The second-order valence-electron chi connectivity index (χ2n) is 7.09. The van der Waals surface area contributed by atoms with Crippen LogP contribution in [0, 0.1) is 11.7 Å². The van der Waals surface area contributed by atoms with E-state index in [4.69, 9.17) is 4.74 Å². The Kier molecular flexibility index (Phi) is 4.37. The number of ether oxygens (including phenoxy) is 1. The largest absolute Gasteiger partial charge is 0.384 e. The zero-order valence-corrected chi connectivity index (χ0v) is 14.1. The highest BCUT2D eigenvalue weighted by molar-refractivity contribution is 5.27. The summed E-state index contributed by atoms with van der Waals surface area (Å²) < 4.78 is 21.6. The monoisotopic (exact) mass is 329 g/mol. The summed E-state index contributed by atoms with van der Waals surface area (Å²) in [5.74, 6) is 0.966. The summed E-state index contributed by atoms with van der Waals surface area (Å²) in [5.41, 5.74) is 3.35. The van der Waals surface area contributed by atoms with Gasteiger partial charge >= 0.3 is 0 Å². The smallest absolute Gasteiger partial charge is 0.127 e. The molecule has 5 heteroatoms. The lowest BCUT2D eigenvalue weighted by molar-refractivity contribution is 0.133. The topological polar surface area (TPSA) is 30.3 Å². The third-order valence-electron chi connectivity index (χ3n) is 5.12. The zero-order chi connectivity index (χ0) is 16.5. The molecule has 4 rings (SSSR count). The maximum Gasteiger partial charge on any atom is 0.127 e. The lowest BCUT2D eigenvalue weighted by atomic mass is 9.95. The number of rotatable bonds is 6. The van der Waals surface area contributed by atoms with Crippen LogP contribution < -0.4 is 0 Å². The minimum Gasteiger partial charge on any atom is -0.384 e. The molecule has 24 heavy (non-hydrogen) atoms. The van der Waals surface area contributed by atoms with Crippen LogP contribution in [0.15, 0.2) is 30.5 Å². The Hall–Kier alpha value is -1.72. The number of methoxy groups -OCH3 is 1. The van der Waals surface area contributed by atoms with Gasteiger partial charge in [-0.1, -0.05) is 18.2 Å². The van der Waals surface area contributed by atoms with E-state index in [1.54, 1.807) is 13.2 Å². The molecule has 1 aliphatic carbocycles. The van der Waals surface area contributed by atoms with Crippen molar-refractivity contribution in [1.29, 1.82) is 0 Å². The van der Waals surface area contributed by atoms with E-state index >= 15 is 0 Å². The molecule has 1 saturated carbocycles. The Morgan fingerprint density at radius 2 is 2.12 bits per heavy atom. The first kappa shape index (κ1) is 15.8. The zero-order valence-electron chi connectivity index (χ0n) is 14.1. The van der Waals surface area contributed by atoms with E-state index in [-0.39, 0.29) is 5.82 Å². The van der Waals surface area contributed by atoms with Crippen molar-refractivity contribution in [1.82, 2.24) is 14.7 Å². The van der Waals surface area contributed by atoms with Crippen molar-refractivity contribution in [2.75, 3.05) is 20.3 Å². The van der Waals surface area contributed by atoms with Crippen molar-refractivity contribution in [2.24, 2.45) is 5.92 Å². The highest BCUT2D eigenvalue weighted by atomic mass is 19.1. The first-order valence-corrected chi connectivity index (χ1v) is 8.74. The average Bonchev–Trinajstić information content (AvgIpc) is 3.30. The van der Waals surface area contributed by atoms with Crippen LogP contribution in [0.2, 0.25) is 0 Å². The fourth-order valence-electron chi connectivity index (χ4n) is 3.66. The summed E-state index contributed by atoms with van der Waals surface area (Å²) in [7, 11) is 1.74. The molecule has 0 bridgehead atoms. The maximum absolute atomic E-state index is 14.0. The van der Waals surface area contributed by atoms with Crippen LogP contribution in [-0.4, -0.2) is 34.9 Å². The van der Waals surface area contributed by atoms with Gasteiger partial charge in [0.05, 0.1) is 18.5 Å². The molecule has 1 aromatic heterocycles. The molecular weight excluding hydrogens is 305 g/mol. The molecule has 2 heterocycles. The second kappa shape index (κ2) is 6.65. The van der Waals surface area contributed by atoms with Crippen LogP contribution in [0.1, 0.15) is 35.6 Å². The number of hydrogen-bond donors (Lipinski definition) is 0. The van der Waals surface area contributed by atoms with Crippen molar-refractivity contribution in [3.8, 4) is 0 Å². The summed E-state index contributed by atoms with van der Waals surface area (Å²) in [6.07, 6.45) is 4.64. The normalized spacial score (nSPS) is 21.0. The molecule has 4 nitrogen and oxygen atoms in total. The lowest BCUT2D eigenvalue weighted by Gasteiger charge is -2.33. The van der Waals surface area contributed by atoms with Gasteiger partial charge in [0.15, 0.2) is 0 Å². The minimum absolute atomic E-state index is 0.127. The first-order valence-electron chi connectivity index (χ1n) is 8.74. The van der Waals surface area contributed by atoms with E-state index in [0.29, 0.717) is 19.1 Å². The molecule has 1 unspecified atom stereocenters. The third-order valence-corrected chi connectivity index (χ3v) is 5.12. The molecule has 2 aliphatic rings. The second-order valence-corrected chi connectivity index (χ2v) is 7.09. The van der Waals surface area contributed by atoms with Gasteiger partial charge in [-0.05, 0) is 24.8 Å². The van der Waals surface area contributed by atoms with E-state index in [1.165, 1.54) is 30.2 Å². The van der Waals surface area contributed by atoms with Crippen molar-refractivity contribution >= 4 is 0 Å². The van der Waals surface area contributed by atoms with E-state index in [2.05, 4.69) is 14.7 Å². The molecule has 1 aliphatic heterocycles. The number of aromatic nitrogens is 2. The highest BCUT2D eigenvalue weighted by Crippen LogP contribution is 2.34. The van der Waals surface area contributed by atoms with Gasteiger partial charge < -0.3 is 4.74 Å². The van der Waals surface area contributed by atoms with Crippen LogP contribution in [-0.2, 0) is 24.4 Å². The van der Waals surface area contributed by atoms with E-state index < -0.39 is 0 Å². The number of halogens is 1. The van der Waals surface area contributed by atoms with Gasteiger partial charge in [0.25, 0.3) is 0 Å². The van der Waals surface area contributed by atoms with Crippen molar-refractivity contribution in [3.05, 3.63) is 53.1 Å². The molecule has 2 aromatic rings. The van der Waals surface area contributed by atoms with Gasteiger partial charge in [-0.2, -0.15) is 5.10 Å². The lowest BCUT2D eigenvalue weighted by Crippen LogP contribution is -2.36. The number of hydrogen-bond acceptors (Lipinski definition) is 3. The predicted molar refractivity (Wildman–Crippen MR) is 90.1 cm³/mol. The van der Waals surface area contributed by atoms with Crippen molar-refractivity contribution < 1.29 is 9.13 Å². The van der Waals surface area contributed by atoms with Crippen LogP contribution in [0.4, 0.5) is 4.39 Å². The van der Waals surface area contributed by atoms with E-state index in [1.807, 2.05) is 18.3 Å². The van der Waals surface area contributed by atoms with Crippen molar-refractivity contribution in [2.45, 2.75) is 38.4 Å². The van der Waals surface area contributed by atoms with Crippen LogP contribution in [0.5, 0.6) is 0 Å². The Bertz CT molecular complexity index is 710. The Morgan fingerprint density at radius 1 is 1.29 bits per heavy atom. The highest BCUT2D eigenvalue weighted by Gasteiger charge is 2.31. The van der Waals surface area contributed by atoms with E-state index in [9.17, 15) is 4.39 Å². The van der Waals surface area contributed by atoms with Crippen LogP contribution >= 0.6 is 0 Å². The van der Waals surface area contributed by atoms with Crippen LogP contribution in [0.25, 0.3) is 0 Å². The third kappa shape index (κ3) is 3.23. The van der Waals surface area contributed by atoms with Gasteiger partial charge in [-0.15, -0.1) is 0 Å². The fourth-order valence-corrected chi connectivity index (χ4v) is 3.66. The molecule has 0 spiro atoms. The molecule has 0 N–H and O–H groups in total. The predicted octanol–water partition coefficient (Wildman–Crippen LogP) is 3.18. The van der Waals surface area contributed by atoms with Gasteiger partial charge in [0.2, 0.25) is 0 Å².